The highest BCUT2D eigenvalue weighted by Crippen LogP contribution is 2.53. The average Bonchev–Trinajstić information content (AvgIpc) is 3.68. The van der Waals surface area contributed by atoms with Crippen LogP contribution in [0.2, 0.25) is 0 Å². The number of alkyl halides is 3. The molecular weight excluding hydrogens is 451 g/mol. The van der Waals surface area contributed by atoms with Gasteiger partial charge in [-0.1, -0.05) is 35.9 Å². The number of hydrogen-bond donors (Lipinski definition) is 1. The van der Waals surface area contributed by atoms with Gasteiger partial charge in [-0.15, -0.1) is 0 Å². The van der Waals surface area contributed by atoms with Gasteiger partial charge in [-0.3, -0.25) is 14.8 Å². The number of rotatable bonds is 5. The molecule has 0 aliphatic heterocycles. The van der Waals surface area contributed by atoms with Gasteiger partial charge in [0, 0.05) is 35.6 Å². The predicted molar refractivity (Wildman–Crippen MR) is 128 cm³/mol. The number of pyridine rings is 2. The Morgan fingerprint density at radius 1 is 1.03 bits per heavy atom. The van der Waals surface area contributed by atoms with Gasteiger partial charge < -0.3 is 5.32 Å². The van der Waals surface area contributed by atoms with Crippen molar-refractivity contribution in [3.63, 3.8) is 0 Å². The summed E-state index contributed by atoms with van der Waals surface area (Å²) in [6, 6.07) is 14.5. The molecule has 2 saturated carbocycles. The summed E-state index contributed by atoms with van der Waals surface area (Å²) in [6.45, 7) is 0. The van der Waals surface area contributed by atoms with Crippen LogP contribution in [0.1, 0.15) is 71.3 Å². The fraction of sp³-hybridized carbons (Fsp3) is 0.321. The molecule has 0 bridgehead atoms. The van der Waals surface area contributed by atoms with Crippen LogP contribution < -0.4 is 5.32 Å². The number of carbonyl (C=O) groups is 1. The Morgan fingerprint density at radius 2 is 1.77 bits per heavy atom. The van der Waals surface area contributed by atoms with Gasteiger partial charge in [0.1, 0.15) is 0 Å². The number of benzene rings is 1. The van der Waals surface area contributed by atoms with E-state index in [9.17, 15) is 18.0 Å². The number of carbonyl (C=O) groups excluding carboxylic acids is 1. The summed E-state index contributed by atoms with van der Waals surface area (Å²) in [6.07, 6.45) is 7.36. The molecular formula is C28H26F3N3O. The molecule has 2 aliphatic carbocycles. The molecule has 180 valence electrons. The standard InChI is InChI=1S/C28H26F3N3O/c29-28(30,31)23-6-9-25(33-18-23)27(12-13-27)22-3-1-2-20(17-22)16-19-4-7-24(8-5-19)34-26(35)21-10-14-32-15-11-21/h1-3,6,9-11,14-18,24H,4-5,7-8,12-13H2,(H,34,35). The van der Waals surface area contributed by atoms with Gasteiger partial charge in [-0.2, -0.15) is 13.2 Å². The summed E-state index contributed by atoms with van der Waals surface area (Å²) >= 11 is 0. The van der Waals surface area contributed by atoms with E-state index in [-0.39, 0.29) is 17.4 Å². The van der Waals surface area contributed by atoms with E-state index in [2.05, 4.69) is 33.5 Å². The highest BCUT2D eigenvalue weighted by atomic mass is 19.4. The second-order valence-electron chi connectivity index (χ2n) is 9.42. The van der Waals surface area contributed by atoms with Gasteiger partial charge in [-0.05, 0) is 73.9 Å². The van der Waals surface area contributed by atoms with Crippen LogP contribution in [0.5, 0.6) is 0 Å². The molecule has 35 heavy (non-hydrogen) atoms. The molecule has 0 unspecified atom stereocenters. The highest BCUT2D eigenvalue weighted by molar-refractivity contribution is 5.94. The number of nitrogens with one attached hydrogen (secondary N) is 1. The second-order valence-corrected chi connectivity index (χ2v) is 9.42. The minimum Gasteiger partial charge on any atom is -0.349 e. The predicted octanol–water partition coefficient (Wildman–Crippen LogP) is 6.33. The van der Waals surface area contributed by atoms with Crippen molar-refractivity contribution in [1.29, 1.82) is 0 Å². The van der Waals surface area contributed by atoms with E-state index < -0.39 is 11.7 Å². The number of halogens is 3. The minimum atomic E-state index is -4.38. The fourth-order valence-electron chi connectivity index (χ4n) is 4.87. The summed E-state index contributed by atoms with van der Waals surface area (Å²) in [5, 5.41) is 3.12. The molecule has 2 fully saturated rings. The Hall–Kier alpha value is -3.48. The smallest absolute Gasteiger partial charge is 0.349 e. The highest BCUT2D eigenvalue weighted by Gasteiger charge is 2.47. The summed E-state index contributed by atoms with van der Waals surface area (Å²) in [4.78, 5) is 20.5. The molecule has 1 N–H and O–H groups in total. The number of aromatic nitrogens is 2. The van der Waals surface area contributed by atoms with E-state index in [0.29, 0.717) is 11.3 Å². The zero-order chi connectivity index (χ0) is 24.5. The molecule has 2 aliphatic rings. The molecule has 0 atom stereocenters. The lowest BCUT2D eigenvalue weighted by Gasteiger charge is -2.25. The minimum absolute atomic E-state index is 0.0656. The summed E-state index contributed by atoms with van der Waals surface area (Å²) in [5.74, 6) is -0.0656. The quantitative estimate of drug-likeness (QED) is 0.467. The van der Waals surface area contributed by atoms with Crippen LogP contribution in [0.3, 0.4) is 0 Å². The van der Waals surface area contributed by atoms with Gasteiger partial charge in [0.2, 0.25) is 0 Å². The van der Waals surface area contributed by atoms with Gasteiger partial charge in [-0.25, -0.2) is 0 Å². The summed E-state index contributed by atoms with van der Waals surface area (Å²) < 4.78 is 38.8. The van der Waals surface area contributed by atoms with Crippen LogP contribution in [0.4, 0.5) is 13.2 Å². The SMILES string of the molecule is O=C(NC1CCC(=Cc2cccc(C3(c4ccc(C(F)(F)F)cn4)CC3)c2)CC1)c1ccncc1. The van der Waals surface area contributed by atoms with Crippen LogP contribution in [0.25, 0.3) is 6.08 Å². The van der Waals surface area contributed by atoms with Crippen LogP contribution in [-0.4, -0.2) is 21.9 Å². The Balaban J connectivity index is 1.24. The maximum absolute atomic E-state index is 12.9. The lowest BCUT2D eigenvalue weighted by atomic mass is 9.87. The monoisotopic (exact) mass is 477 g/mol. The maximum atomic E-state index is 12.9. The molecule has 2 aromatic heterocycles. The summed E-state index contributed by atoms with van der Waals surface area (Å²) in [5.41, 5.74) is 3.83. The summed E-state index contributed by atoms with van der Waals surface area (Å²) in [7, 11) is 0. The first-order valence-corrected chi connectivity index (χ1v) is 11.9. The van der Waals surface area contributed by atoms with Crippen molar-refractivity contribution in [3.05, 3.63) is 101 Å². The molecule has 4 nitrogen and oxygen atoms in total. The van der Waals surface area contributed by atoms with Crippen molar-refractivity contribution in [2.45, 2.75) is 56.2 Å². The molecule has 0 radical (unpaired) electrons. The van der Waals surface area contributed by atoms with Crippen molar-refractivity contribution in [2.24, 2.45) is 0 Å². The zero-order valence-corrected chi connectivity index (χ0v) is 19.2. The molecule has 0 spiro atoms. The number of nitrogens with zero attached hydrogens (tertiary/aromatic N) is 2. The third-order valence-corrected chi connectivity index (χ3v) is 7.05. The average molecular weight is 478 g/mol. The maximum Gasteiger partial charge on any atom is 0.417 e. The van der Waals surface area contributed by atoms with Crippen LogP contribution in [-0.2, 0) is 11.6 Å². The van der Waals surface area contributed by atoms with E-state index in [1.807, 2.05) is 12.1 Å². The lowest BCUT2D eigenvalue weighted by molar-refractivity contribution is -0.137. The van der Waals surface area contributed by atoms with E-state index in [4.69, 9.17) is 0 Å². The number of amides is 1. The molecule has 1 aromatic carbocycles. The Morgan fingerprint density at radius 3 is 2.40 bits per heavy atom. The van der Waals surface area contributed by atoms with Crippen LogP contribution in [0, 0.1) is 0 Å². The molecule has 0 saturated heterocycles. The molecule has 1 amide bonds. The first-order chi connectivity index (χ1) is 16.8. The Kier molecular flexibility index (Phi) is 6.17. The van der Waals surface area contributed by atoms with E-state index in [1.54, 1.807) is 24.5 Å². The van der Waals surface area contributed by atoms with Crippen molar-refractivity contribution >= 4 is 12.0 Å². The topological polar surface area (TPSA) is 54.9 Å². The van der Waals surface area contributed by atoms with Crippen LogP contribution >= 0.6 is 0 Å². The lowest BCUT2D eigenvalue weighted by Crippen LogP contribution is -2.36. The van der Waals surface area contributed by atoms with E-state index >= 15 is 0 Å². The third kappa shape index (κ3) is 5.14. The third-order valence-electron chi connectivity index (χ3n) is 7.05. The van der Waals surface area contributed by atoms with Crippen molar-refractivity contribution in [3.8, 4) is 0 Å². The number of hydrogen-bond acceptors (Lipinski definition) is 3. The van der Waals surface area contributed by atoms with E-state index in [0.717, 1.165) is 61.9 Å². The van der Waals surface area contributed by atoms with Gasteiger partial charge >= 0.3 is 6.18 Å². The zero-order valence-electron chi connectivity index (χ0n) is 19.2. The van der Waals surface area contributed by atoms with Gasteiger partial charge in [0.05, 0.1) is 11.3 Å². The van der Waals surface area contributed by atoms with Crippen molar-refractivity contribution < 1.29 is 18.0 Å². The van der Waals surface area contributed by atoms with Gasteiger partial charge in [0.25, 0.3) is 5.91 Å². The molecule has 7 heteroatoms. The first kappa shape index (κ1) is 23.3. The fourth-order valence-corrected chi connectivity index (χ4v) is 4.87. The van der Waals surface area contributed by atoms with E-state index in [1.165, 1.54) is 11.6 Å². The van der Waals surface area contributed by atoms with Crippen molar-refractivity contribution in [1.82, 2.24) is 15.3 Å². The molecule has 2 heterocycles. The largest absolute Gasteiger partial charge is 0.417 e. The first-order valence-electron chi connectivity index (χ1n) is 11.9. The second kappa shape index (κ2) is 9.29. The molecule has 5 rings (SSSR count). The Bertz CT molecular complexity index is 1220. The van der Waals surface area contributed by atoms with Crippen LogP contribution in [0.15, 0.2) is 72.7 Å². The normalized spacial score (nSPS) is 19.2. The van der Waals surface area contributed by atoms with Gasteiger partial charge in [0.15, 0.2) is 0 Å². The van der Waals surface area contributed by atoms with Crippen molar-refractivity contribution in [2.75, 3.05) is 0 Å². The Labute approximate surface area is 202 Å². The number of allylic oxidation sites excluding steroid dienone is 1. The molecule has 3 aromatic rings.